The summed E-state index contributed by atoms with van der Waals surface area (Å²) in [6.07, 6.45) is 9.96. The van der Waals surface area contributed by atoms with E-state index < -0.39 is 0 Å². The van der Waals surface area contributed by atoms with Gasteiger partial charge in [-0.25, -0.2) is 0 Å². The van der Waals surface area contributed by atoms with E-state index in [4.69, 9.17) is 11.6 Å². The highest BCUT2D eigenvalue weighted by atomic mass is 35.5. The first-order valence-corrected chi connectivity index (χ1v) is 12.5. The van der Waals surface area contributed by atoms with Crippen LogP contribution in [0, 0.1) is 5.92 Å². The summed E-state index contributed by atoms with van der Waals surface area (Å²) >= 11 is 5.93. The maximum Gasteiger partial charge on any atom is 0.252 e. The van der Waals surface area contributed by atoms with E-state index in [1.165, 1.54) is 25.7 Å². The molecule has 1 aliphatic carbocycles. The van der Waals surface area contributed by atoms with Crippen molar-refractivity contribution in [3.8, 4) is 11.4 Å². The monoisotopic (exact) mass is 479 g/mol. The lowest BCUT2D eigenvalue weighted by molar-refractivity contribution is -0.116. The molecule has 8 heteroatoms. The molecule has 0 saturated heterocycles. The first-order chi connectivity index (χ1) is 16.6. The number of anilines is 1. The third-order valence-electron chi connectivity index (χ3n) is 7.01. The van der Waals surface area contributed by atoms with Crippen molar-refractivity contribution in [2.75, 3.05) is 11.9 Å². The Morgan fingerprint density at radius 1 is 1.18 bits per heavy atom. The second-order valence-electron chi connectivity index (χ2n) is 9.35. The van der Waals surface area contributed by atoms with Crippen LogP contribution in [0.15, 0.2) is 36.5 Å². The summed E-state index contributed by atoms with van der Waals surface area (Å²) < 4.78 is 2.07. The fourth-order valence-electron chi connectivity index (χ4n) is 5.09. The number of aromatic nitrogens is 3. The van der Waals surface area contributed by atoms with Gasteiger partial charge in [0.25, 0.3) is 5.91 Å². The standard InChI is InChI=1S/C26H30ClN5O2/c27-20-8-5-18(6-9-20)11-13-28-26(34)19-15-22-24-21(12-14-32(22)16-19)25(31-30-24)29-23(33)10-7-17-3-1-2-4-17/h5-6,8-9,15-17H,1-4,7,10-14H2,(H,28,34)(H2,29,30,31,33). The van der Waals surface area contributed by atoms with Gasteiger partial charge in [-0.1, -0.05) is 49.4 Å². The summed E-state index contributed by atoms with van der Waals surface area (Å²) in [5.74, 6) is 1.24. The third-order valence-corrected chi connectivity index (χ3v) is 7.26. The second-order valence-corrected chi connectivity index (χ2v) is 9.79. The van der Waals surface area contributed by atoms with Crippen LogP contribution < -0.4 is 10.6 Å². The Hall–Kier alpha value is -3.06. The zero-order valence-corrected chi connectivity index (χ0v) is 20.0. The van der Waals surface area contributed by atoms with Crippen molar-refractivity contribution in [1.82, 2.24) is 20.1 Å². The maximum absolute atomic E-state index is 12.7. The van der Waals surface area contributed by atoms with Gasteiger partial charge in [0, 0.05) is 36.3 Å². The molecule has 178 valence electrons. The van der Waals surface area contributed by atoms with E-state index in [0.717, 1.165) is 48.3 Å². The molecule has 0 atom stereocenters. The third kappa shape index (κ3) is 5.04. The molecule has 0 radical (unpaired) electrons. The Morgan fingerprint density at radius 3 is 2.76 bits per heavy atom. The van der Waals surface area contributed by atoms with Crippen LogP contribution in [0.3, 0.4) is 0 Å². The van der Waals surface area contributed by atoms with Crippen LogP contribution in [0.1, 0.15) is 60.0 Å². The molecular weight excluding hydrogens is 450 g/mol. The minimum Gasteiger partial charge on any atom is -0.352 e. The van der Waals surface area contributed by atoms with Crippen LogP contribution in [-0.4, -0.2) is 33.1 Å². The molecule has 2 amide bonds. The summed E-state index contributed by atoms with van der Waals surface area (Å²) in [4.78, 5) is 25.2. The highest BCUT2D eigenvalue weighted by Crippen LogP contribution is 2.34. The van der Waals surface area contributed by atoms with Gasteiger partial charge in [0.1, 0.15) is 0 Å². The predicted octanol–water partition coefficient (Wildman–Crippen LogP) is 4.97. The first kappa shape index (κ1) is 22.7. The van der Waals surface area contributed by atoms with Crippen LogP contribution in [-0.2, 0) is 24.2 Å². The number of amides is 2. The van der Waals surface area contributed by atoms with Crippen LogP contribution >= 0.6 is 11.6 Å². The lowest BCUT2D eigenvalue weighted by atomic mass is 10.0. The summed E-state index contributed by atoms with van der Waals surface area (Å²) in [5, 5.41) is 14.2. The topological polar surface area (TPSA) is 91.8 Å². The number of hydrogen-bond acceptors (Lipinski definition) is 3. The van der Waals surface area contributed by atoms with E-state index in [2.05, 4.69) is 25.4 Å². The lowest BCUT2D eigenvalue weighted by Gasteiger charge is -2.16. The number of hydrogen-bond donors (Lipinski definition) is 3. The Kier molecular flexibility index (Phi) is 6.72. The molecule has 5 rings (SSSR count). The van der Waals surface area contributed by atoms with Crippen molar-refractivity contribution < 1.29 is 9.59 Å². The van der Waals surface area contributed by atoms with Gasteiger partial charge in [0.15, 0.2) is 5.82 Å². The molecule has 1 saturated carbocycles. The molecule has 1 aromatic carbocycles. The van der Waals surface area contributed by atoms with E-state index in [-0.39, 0.29) is 11.8 Å². The molecular formula is C26H30ClN5O2. The number of rotatable bonds is 8. The molecule has 0 unspecified atom stereocenters. The summed E-state index contributed by atoms with van der Waals surface area (Å²) in [6, 6.07) is 9.54. The first-order valence-electron chi connectivity index (χ1n) is 12.2. The second kappa shape index (κ2) is 10.1. The summed E-state index contributed by atoms with van der Waals surface area (Å²) in [5.41, 5.74) is 4.55. The Bertz CT molecular complexity index is 1170. The molecule has 3 aromatic rings. The zero-order chi connectivity index (χ0) is 23.5. The number of nitrogens with one attached hydrogen (secondary N) is 3. The van der Waals surface area contributed by atoms with Crippen molar-refractivity contribution in [3.63, 3.8) is 0 Å². The number of aromatic amines is 1. The van der Waals surface area contributed by atoms with Gasteiger partial charge in [-0.05, 0) is 48.9 Å². The normalized spacial score (nSPS) is 15.1. The number of carbonyl (C=O) groups excluding carboxylic acids is 2. The van der Waals surface area contributed by atoms with Crippen molar-refractivity contribution in [2.45, 2.75) is 57.9 Å². The smallest absolute Gasteiger partial charge is 0.252 e. The van der Waals surface area contributed by atoms with Gasteiger partial charge in [-0.2, -0.15) is 5.10 Å². The van der Waals surface area contributed by atoms with E-state index >= 15 is 0 Å². The number of aryl methyl sites for hydroxylation is 1. The van der Waals surface area contributed by atoms with E-state index in [1.54, 1.807) is 0 Å². The molecule has 1 fully saturated rings. The largest absolute Gasteiger partial charge is 0.352 e. The van der Waals surface area contributed by atoms with Crippen LogP contribution in [0.2, 0.25) is 5.02 Å². The molecule has 3 heterocycles. The number of carbonyl (C=O) groups is 2. The van der Waals surface area contributed by atoms with E-state index in [9.17, 15) is 9.59 Å². The zero-order valence-electron chi connectivity index (χ0n) is 19.2. The molecule has 0 bridgehead atoms. The Morgan fingerprint density at radius 2 is 1.97 bits per heavy atom. The van der Waals surface area contributed by atoms with Crippen molar-refractivity contribution in [1.29, 1.82) is 0 Å². The summed E-state index contributed by atoms with van der Waals surface area (Å²) in [6.45, 7) is 1.29. The number of benzene rings is 1. The molecule has 2 aliphatic rings. The SMILES string of the molecule is O=C(CCC1CCCC1)Nc1n[nH]c2c1CCn1cc(C(=O)NCCc3ccc(Cl)cc3)cc1-2. The van der Waals surface area contributed by atoms with Crippen LogP contribution in [0.25, 0.3) is 11.4 Å². The number of nitrogens with zero attached hydrogens (tertiary/aromatic N) is 2. The fraction of sp³-hybridized carbons (Fsp3) is 0.423. The Labute approximate surface area is 204 Å². The average Bonchev–Trinajstić information content (AvgIpc) is 3.58. The van der Waals surface area contributed by atoms with Gasteiger partial charge in [-0.15, -0.1) is 0 Å². The lowest BCUT2D eigenvalue weighted by Crippen LogP contribution is -2.25. The maximum atomic E-state index is 12.7. The predicted molar refractivity (Wildman–Crippen MR) is 133 cm³/mol. The van der Waals surface area contributed by atoms with Crippen LogP contribution in [0.5, 0.6) is 0 Å². The van der Waals surface area contributed by atoms with Crippen molar-refractivity contribution in [3.05, 3.63) is 58.2 Å². The minimum atomic E-state index is -0.0997. The number of H-pyrrole nitrogens is 1. The van der Waals surface area contributed by atoms with Gasteiger partial charge in [-0.3, -0.25) is 14.7 Å². The summed E-state index contributed by atoms with van der Waals surface area (Å²) in [7, 11) is 0. The quantitative estimate of drug-likeness (QED) is 0.426. The van der Waals surface area contributed by atoms with Gasteiger partial charge >= 0.3 is 0 Å². The average molecular weight is 480 g/mol. The number of halogens is 1. The Balaban J connectivity index is 1.19. The number of fused-ring (bicyclic) bond motifs is 3. The minimum absolute atomic E-state index is 0.0305. The van der Waals surface area contributed by atoms with E-state index in [0.29, 0.717) is 35.3 Å². The van der Waals surface area contributed by atoms with Crippen molar-refractivity contribution in [2.24, 2.45) is 5.92 Å². The highest BCUT2D eigenvalue weighted by Gasteiger charge is 2.25. The molecule has 7 nitrogen and oxygen atoms in total. The highest BCUT2D eigenvalue weighted by molar-refractivity contribution is 6.30. The fourth-order valence-corrected chi connectivity index (χ4v) is 5.21. The molecule has 0 spiro atoms. The molecule has 34 heavy (non-hydrogen) atoms. The van der Waals surface area contributed by atoms with Gasteiger partial charge < -0.3 is 15.2 Å². The van der Waals surface area contributed by atoms with Crippen LogP contribution in [0.4, 0.5) is 5.82 Å². The van der Waals surface area contributed by atoms with E-state index in [1.807, 2.05) is 36.5 Å². The van der Waals surface area contributed by atoms with Gasteiger partial charge in [0.05, 0.1) is 17.0 Å². The van der Waals surface area contributed by atoms with Gasteiger partial charge in [0.2, 0.25) is 5.91 Å². The molecule has 1 aliphatic heterocycles. The molecule has 2 aromatic heterocycles. The van der Waals surface area contributed by atoms with Crippen molar-refractivity contribution >= 4 is 29.2 Å². The molecule has 3 N–H and O–H groups in total.